The Hall–Kier alpha value is -6.90. The highest BCUT2D eigenvalue weighted by Crippen LogP contribution is 2.54. The van der Waals surface area contributed by atoms with Crippen LogP contribution in [0, 0.1) is 0 Å². The van der Waals surface area contributed by atoms with Gasteiger partial charge in [0.2, 0.25) is 0 Å². The molecule has 0 amide bonds. The van der Waals surface area contributed by atoms with Crippen molar-refractivity contribution in [2.75, 3.05) is 0 Å². The molecule has 55 heavy (non-hydrogen) atoms. The summed E-state index contributed by atoms with van der Waals surface area (Å²) in [5, 5.41) is 2.53. The van der Waals surface area contributed by atoms with Crippen LogP contribution in [0.2, 0.25) is 0 Å². The topological polar surface area (TPSA) is 25.8 Å². The van der Waals surface area contributed by atoms with Gasteiger partial charge >= 0.3 is 0 Å². The van der Waals surface area contributed by atoms with Crippen molar-refractivity contribution in [1.29, 1.82) is 0 Å². The maximum absolute atomic E-state index is 5.34. The second kappa shape index (κ2) is 13.2. The Balaban J connectivity index is 1.20. The molecule has 0 bridgehead atoms. The largest absolute Gasteiger partial charge is 0.228 e. The summed E-state index contributed by atoms with van der Waals surface area (Å²) in [6.07, 6.45) is 0. The molecule has 1 aliphatic carbocycles. The number of hydrogen-bond acceptors (Lipinski definition) is 2. The monoisotopic (exact) mass is 702 g/mol. The van der Waals surface area contributed by atoms with Gasteiger partial charge in [-0.2, -0.15) is 0 Å². The van der Waals surface area contributed by atoms with Gasteiger partial charge in [-0.05, 0) is 103 Å². The summed E-state index contributed by atoms with van der Waals surface area (Å²) in [6.45, 7) is 4.72. The second-order valence-corrected chi connectivity index (χ2v) is 15.0. The van der Waals surface area contributed by atoms with Gasteiger partial charge in [0, 0.05) is 22.1 Å². The predicted octanol–water partition coefficient (Wildman–Crippen LogP) is 13.9. The van der Waals surface area contributed by atoms with Crippen molar-refractivity contribution >= 4 is 10.8 Å². The first-order chi connectivity index (χ1) is 27.0. The zero-order chi connectivity index (χ0) is 36.9. The lowest BCUT2D eigenvalue weighted by molar-refractivity contribution is 0.661. The number of aromatic nitrogens is 2. The molecule has 1 aromatic heterocycles. The van der Waals surface area contributed by atoms with E-state index in [-0.39, 0.29) is 5.41 Å². The molecule has 0 N–H and O–H groups in total. The van der Waals surface area contributed by atoms with Gasteiger partial charge in [0.25, 0.3) is 0 Å². The Morgan fingerprint density at radius 1 is 0.327 bits per heavy atom. The summed E-state index contributed by atoms with van der Waals surface area (Å²) in [5.41, 5.74) is 17.1. The number of rotatable bonds is 6. The molecule has 1 aliphatic rings. The smallest absolute Gasteiger partial charge is 0.160 e. The van der Waals surface area contributed by atoms with E-state index in [2.05, 4.69) is 202 Å². The number of fused-ring (bicyclic) bond motifs is 4. The minimum absolute atomic E-state index is 0.136. The molecular weight excluding hydrogens is 665 g/mol. The van der Waals surface area contributed by atoms with Gasteiger partial charge in [-0.3, -0.25) is 0 Å². The molecule has 10 rings (SSSR count). The fourth-order valence-corrected chi connectivity index (χ4v) is 8.46. The molecule has 260 valence electrons. The quantitative estimate of drug-likeness (QED) is 0.172. The SMILES string of the molecule is CC1(C)c2cc3ccccc3cc2-c2c(-c3ccccc3-c3cc(-c4cc(-c5ccccc5)cc(-c5ccccc5)c4)nc(-c4ccccc4)n3)cccc21. The zero-order valence-corrected chi connectivity index (χ0v) is 30.9. The van der Waals surface area contributed by atoms with Gasteiger partial charge in [-0.1, -0.05) is 172 Å². The van der Waals surface area contributed by atoms with Crippen LogP contribution in [-0.2, 0) is 5.41 Å². The highest BCUT2D eigenvalue weighted by atomic mass is 14.9. The van der Waals surface area contributed by atoms with Crippen molar-refractivity contribution in [2.24, 2.45) is 0 Å². The van der Waals surface area contributed by atoms with E-state index in [0.29, 0.717) is 5.82 Å². The van der Waals surface area contributed by atoms with E-state index >= 15 is 0 Å². The molecule has 1 heterocycles. The van der Waals surface area contributed by atoms with E-state index < -0.39 is 0 Å². The van der Waals surface area contributed by atoms with E-state index in [4.69, 9.17) is 9.97 Å². The molecule has 2 heteroatoms. The van der Waals surface area contributed by atoms with Crippen LogP contribution in [0.3, 0.4) is 0 Å². The first-order valence-electron chi connectivity index (χ1n) is 19.0. The van der Waals surface area contributed by atoms with E-state index in [0.717, 1.165) is 44.8 Å². The molecule has 0 spiro atoms. The molecule has 2 nitrogen and oxygen atoms in total. The van der Waals surface area contributed by atoms with Crippen LogP contribution >= 0.6 is 0 Å². The molecule has 0 aliphatic heterocycles. The zero-order valence-electron chi connectivity index (χ0n) is 30.9. The van der Waals surface area contributed by atoms with Crippen LogP contribution in [0.4, 0.5) is 0 Å². The van der Waals surface area contributed by atoms with Crippen molar-refractivity contribution in [1.82, 2.24) is 9.97 Å². The van der Waals surface area contributed by atoms with Crippen LogP contribution in [0.25, 0.3) is 89.2 Å². The van der Waals surface area contributed by atoms with Crippen molar-refractivity contribution in [2.45, 2.75) is 19.3 Å². The summed E-state index contributed by atoms with van der Waals surface area (Å²) in [5.74, 6) is 0.700. The van der Waals surface area contributed by atoms with Gasteiger partial charge < -0.3 is 0 Å². The number of hydrogen-bond donors (Lipinski definition) is 0. The van der Waals surface area contributed by atoms with E-state index in [1.54, 1.807) is 0 Å². The maximum atomic E-state index is 5.34. The Labute approximate surface area is 322 Å². The molecule has 0 fully saturated rings. The fourth-order valence-electron chi connectivity index (χ4n) is 8.46. The van der Waals surface area contributed by atoms with Crippen LogP contribution in [0.1, 0.15) is 25.0 Å². The minimum atomic E-state index is -0.136. The third-order valence-electron chi connectivity index (χ3n) is 11.3. The average molecular weight is 703 g/mol. The van der Waals surface area contributed by atoms with Gasteiger partial charge in [-0.25, -0.2) is 9.97 Å². The first kappa shape index (κ1) is 32.7. The molecule has 0 atom stereocenters. The molecule has 0 saturated heterocycles. The summed E-state index contributed by atoms with van der Waals surface area (Å²) in [7, 11) is 0. The molecular formula is C53H38N2. The summed E-state index contributed by atoms with van der Waals surface area (Å²) < 4.78 is 0. The molecule has 0 radical (unpaired) electrons. The predicted molar refractivity (Wildman–Crippen MR) is 230 cm³/mol. The van der Waals surface area contributed by atoms with Crippen LogP contribution in [0.15, 0.2) is 194 Å². The first-order valence-corrected chi connectivity index (χ1v) is 19.0. The highest BCUT2D eigenvalue weighted by Gasteiger charge is 2.37. The van der Waals surface area contributed by atoms with Gasteiger partial charge in [0.1, 0.15) is 0 Å². The summed E-state index contributed by atoms with van der Waals surface area (Å²) >= 11 is 0. The lowest BCUT2D eigenvalue weighted by atomic mass is 9.81. The highest BCUT2D eigenvalue weighted by molar-refractivity contribution is 6.00. The standard InChI is InChI=1S/C53H38N2/c1-53(2)47-28-16-27-45(51(47)46-32-38-23-12-13-24-39(38)33-48(46)53)43-25-14-15-26-44(43)50-34-49(54-52(55-50)37-21-10-5-11-22-37)42-30-40(35-17-6-3-7-18-35)29-41(31-42)36-19-8-4-9-20-36/h3-34H,1-2H3. The van der Waals surface area contributed by atoms with Crippen molar-refractivity contribution in [3.05, 3.63) is 205 Å². The van der Waals surface area contributed by atoms with E-state index in [9.17, 15) is 0 Å². The Morgan fingerprint density at radius 2 is 0.836 bits per heavy atom. The summed E-state index contributed by atoms with van der Waals surface area (Å²) in [6, 6.07) is 69.6. The van der Waals surface area contributed by atoms with E-state index in [1.165, 1.54) is 49.7 Å². The fraction of sp³-hybridized carbons (Fsp3) is 0.0566. The lowest BCUT2D eigenvalue weighted by Crippen LogP contribution is -2.14. The molecule has 0 unspecified atom stereocenters. The lowest BCUT2D eigenvalue weighted by Gasteiger charge is -2.22. The summed E-state index contributed by atoms with van der Waals surface area (Å²) in [4.78, 5) is 10.6. The van der Waals surface area contributed by atoms with Gasteiger partial charge in [-0.15, -0.1) is 0 Å². The second-order valence-electron chi connectivity index (χ2n) is 15.0. The number of nitrogens with zero attached hydrogens (tertiary/aromatic N) is 2. The van der Waals surface area contributed by atoms with Crippen LogP contribution in [-0.4, -0.2) is 9.97 Å². The van der Waals surface area contributed by atoms with Crippen LogP contribution in [0.5, 0.6) is 0 Å². The molecule has 0 saturated carbocycles. The van der Waals surface area contributed by atoms with Gasteiger partial charge in [0.15, 0.2) is 5.82 Å². The normalized spacial score (nSPS) is 12.7. The van der Waals surface area contributed by atoms with Crippen molar-refractivity contribution in [3.8, 4) is 78.4 Å². The third-order valence-corrected chi connectivity index (χ3v) is 11.3. The molecule has 8 aromatic carbocycles. The minimum Gasteiger partial charge on any atom is -0.228 e. The Morgan fingerprint density at radius 3 is 1.49 bits per heavy atom. The number of benzene rings is 8. The van der Waals surface area contributed by atoms with E-state index in [1.807, 2.05) is 6.07 Å². The Kier molecular flexibility index (Phi) is 7.85. The average Bonchev–Trinajstić information content (AvgIpc) is 3.48. The van der Waals surface area contributed by atoms with Gasteiger partial charge in [0.05, 0.1) is 11.4 Å². The molecule has 9 aromatic rings. The van der Waals surface area contributed by atoms with Crippen LogP contribution < -0.4 is 0 Å². The van der Waals surface area contributed by atoms with Crippen molar-refractivity contribution in [3.63, 3.8) is 0 Å². The third kappa shape index (κ3) is 5.75. The Bertz CT molecular complexity index is 2820. The maximum Gasteiger partial charge on any atom is 0.160 e. The van der Waals surface area contributed by atoms with Crippen molar-refractivity contribution < 1.29 is 0 Å².